The summed E-state index contributed by atoms with van der Waals surface area (Å²) in [6.07, 6.45) is 0. The standard InChI is InChI=1S/C12H13FO4/c1-8(6-14)7-17-11-4-3-9(13)5-10(11)12(15)16-2/h3-5,14H,1,6-7H2,2H3. The molecule has 0 unspecified atom stereocenters. The third-order valence-corrected chi connectivity index (χ3v) is 2.00. The van der Waals surface area contributed by atoms with Crippen LogP contribution in [0, 0.1) is 5.82 Å². The van der Waals surface area contributed by atoms with Gasteiger partial charge in [-0.15, -0.1) is 0 Å². The molecule has 0 spiro atoms. The average molecular weight is 240 g/mol. The lowest BCUT2D eigenvalue weighted by Gasteiger charge is -2.10. The smallest absolute Gasteiger partial charge is 0.341 e. The van der Waals surface area contributed by atoms with E-state index in [1.54, 1.807) is 0 Å². The van der Waals surface area contributed by atoms with Gasteiger partial charge in [-0.2, -0.15) is 0 Å². The van der Waals surface area contributed by atoms with Crippen molar-refractivity contribution in [3.05, 3.63) is 41.7 Å². The SMILES string of the molecule is C=C(CO)COc1ccc(F)cc1C(=O)OC. The van der Waals surface area contributed by atoms with E-state index in [1.165, 1.54) is 19.2 Å². The Labute approximate surface area is 98.3 Å². The van der Waals surface area contributed by atoms with E-state index >= 15 is 0 Å². The second kappa shape index (κ2) is 6.00. The van der Waals surface area contributed by atoms with Gasteiger partial charge in [-0.1, -0.05) is 6.58 Å². The predicted octanol–water partition coefficient (Wildman–Crippen LogP) is 1.54. The Morgan fingerprint density at radius 2 is 2.24 bits per heavy atom. The molecule has 1 rings (SSSR count). The highest BCUT2D eigenvalue weighted by atomic mass is 19.1. The zero-order valence-electron chi connectivity index (χ0n) is 9.40. The molecule has 0 aliphatic rings. The van der Waals surface area contributed by atoms with Crippen LogP contribution in [0.1, 0.15) is 10.4 Å². The molecule has 0 fully saturated rings. The molecule has 0 amide bonds. The van der Waals surface area contributed by atoms with Gasteiger partial charge in [0.2, 0.25) is 0 Å². The normalized spacial score (nSPS) is 9.82. The van der Waals surface area contributed by atoms with Gasteiger partial charge in [-0.3, -0.25) is 0 Å². The zero-order valence-corrected chi connectivity index (χ0v) is 9.40. The fraction of sp³-hybridized carbons (Fsp3) is 0.250. The van der Waals surface area contributed by atoms with E-state index in [2.05, 4.69) is 11.3 Å². The van der Waals surface area contributed by atoms with Crippen molar-refractivity contribution in [1.29, 1.82) is 0 Å². The average Bonchev–Trinajstić information content (AvgIpc) is 2.35. The van der Waals surface area contributed by atoms with E-state index < -0.39 is 11.8 Å². The van der Waals surface area contributed by atoms with Crippen LogP contribution in [0.2, 0.25) is 0 Å². The number of carbonyl (C=O) groups excluding carboxylic acids is 1. The third-order valence-electron chi connectivity index (χ3n) is 2.00. The van der Waals surface area contributed by atoms with Gasteiger partial charge in [0.05, 0.1) is 13.7 Å². The fourth-order valence-electron chi connectivity index (χ4n) is 1.12. The monoisotopic (exact) mass is 240 g/mol. The minimum absolute atomic E-state index is 0.00163. The molecule has 1 aromatic carbocycles. The minimum Gasteiger partial charge on any atom is -0.488 e. The second-order valence-corrected chi connectivity index (χ2v) is 3.33. The quantitative estimate of drug-likeness (QED) is 0.626. The molecule has 0 saturated heterocycles. The van der Waals surface area contributed by atoms with Gasteiger partial charge < -0.3 is 14.6 Å². The Morgan fingerprint density at radius 1 is 1.53 bits per heavy atom. The first-order valence-electron chi connectivity index (χ1n) is 4.86. The topological polar surface area (TPSA) is 55.8 Å². The molecule has 5 heteroatoms. The van der Waals surface area contributed by atoms with Crippen LogP contribution < -0.4 is 4.74 Å². The first-order valence-corrected chi connectivity index (χ1v) is 4.86. The molecular formula is C12H13FO4. The van der Waals surface area contributed by atoms with Crippen LogP contribution in [-0.2, 0) is 4.74 Å². The lowest BCUT2D eigenvalue weighted by atomic mass is 10.2. The molecule has 1 aromatic rings. The van der Waals surface area contributed by atoms with E-state index in [9.17, 15) is 9.18 Å². The Bertz CT molecular complexity index is 429. The van der Waals surface area contributed by atoms with E-state index in [1.807, 2.05) is 0 Å². The summed E-state index contributed by atoms with van der Waals surface area (Å²) >= 11 is 0. The largest absolute Gasteiger partial charge is 0.488 e. The molecule has 1 N–H and O–H groups in total. The van der Waals surface area contributed by atoms with E-state index in [4.69, 9.17) is 9.84 Å². The lowest BCUT2D eigenvalue weighted by Crippen LogP contribution is -2.09. The van der Waals surface area contributed by atoms with Gasteiger partial charge in [-0.05, 0) is 23.8 Å². The zero-order chi connectivity index (χ0) is 12.8. The minimum atomic E-state index is -0.686. The fourth-order valence-corrected chi connectivity index (χ4v) is 1.12. The van der Waals surface area contributed by atoms with Crippen molar-refractivity contribution < 1.29 is 23.8 Å². The number of aliphatic hydroxyl groups is 1. The summed E-state index contributed by atoms with van der Waals surface area (Å²) in [6, 6.07) is 3.53. The molecule has 0 bridgehead atoms. The van der Waals surface area contributed by atoms with Crippen molar-refractivity contribution in [2.75, 3.05) is 20.3 Å². The summed E-state index contributed by atoms with van der Waals surface area (Å²) in [7, 11) is 1.20. The Hall–Kier alpha value is -1.88. The van der Waals surface area contributed by atoms with Crippen LogP contribution >= 0.6 is 0 Å². The number of carbonyl (C=O) groups is 1. The maximum Gasteiger partial charge on any atom is 0.341 e. The molecule has 92 valence electrons. The molecule has 0 aliphatic carbocycles. The highest BCUT2D eigenvalue weighted by molar-refractivity contribution is 5.92. The van der Waals surface area contributed by atoms with Gasteiger partial charge >= 0.3 is 5.97 Å². The predicted molar refractivity (Wildman–Crippen MR) is 59.5 cm³/mol. The third kappa shape index (κ3) is 3.57. The highest BCUT2D eigenvalue weighted by Gasteiger charge is 2.14. The van der Waals surface area contributed by atoms with Gasteiger partial charge in [0, 0.05) is 0 Å². The van der Waals surface area contributed by atoms with Gasteiger partial charge in [-0.25, -0.2) is 9.18 Å². The van der Waals surface area contributed by atoms with Crippen molar-refractivity contribution in [3.8, 4) is 5.75 Å². The number of aliphatic hydroxyl groups excluding tert-OH is 1. The molecule has 17 heavy (non-hydrogen) atoms. The molecule has 4 nitrogen and oxygen atoms in total. The highest BCUT2D eigenvalue weighted by Crippen LogP contribution is 2.21. The number of hydrogen-bond donors (Lipinski definition) is 1. The molecule has 0 aromatic heterocycles. The van der Waals surface area contributed by atoms with E-state index in [0.29, 0.717) is 5.57 Å². The first-order chi connectivity index (χ1) is 8.08. The number of esters is 1. The number of halogens is 1. The van der Waals surface area contributed by atoms with E-state index in [0.717, 1.165) is 6.07 Å². The Kier molecular flexibility index (Phi) is 4.66. The van der Waals surface area contributed by atoms with Crippen LogP contribution in [0.15, 0.2) is 30.4 Å². The molecule has 0 aliphatic heterocycles. The molecule has 0 atom stereocenters. The summed E-state index contributed by atoms with van der Waals surface area (Å²) in [5.74, 6) is -1.05. The Morgan fingerprint density at radius 3 is 2.82 bits per heavy atom. The first kappa shape index (κ1) is 13.2. The molecule has 0 heterocycles. The van der Waals surface area contributed by atoms with Crippen LogP contribution in [0.5, 0.6) is 5.75 Å². The maximum atomic E-state index is 13.0. The van der Waals surface area contributed by atoms with Crippen molar-refractivity contribution >= 4 is 5.97 Å². The summed E-state index contributed by atoms with van der Waals surface area (Å²) < 4.78 is 22.7. The molecule has 0 radical (unpaired) electrons. The van der Waals surface area contributed by atoms with E-state index in [-0.39, 0.29) is 24.5 Å². The number of benzene rings is 1. The van der Waals surface area contributed by atoms with Crippen molar-refractivity contribution in [3.63, 3.8) is 0 Å². The van der Waals surface area contributed by atoms with Crippen molar-refractivity contribution in [2.24, 2.45) is 0 Å². The summed E-state index contributed by atoms with van der Waals surface area (Å²) in [5, 5.41) is 8.75. The lowest BCUT2D eigenvalue weighted by molar-refractivity contribution is 0.0595. The summed E-state index contributed by atoms with van der Waals surface area (Å²) in [6.45, 7) is 3.37. The molecule has 0 saturated carbocycles. The number of methoxy groups -OCH3 is 1. The van der Waals surface area contributed by atoms with Gasteiger partial charge in [0.25, 0.3) is 0 Å². The Balaban J connectivity index is 2.90. The van der Waals surface area contributed by atoms with Gasteiger partial charge in [0.15, 0.2) is 0 Å². The number of hydrogen-bond acceptors (Lipinski definition) is 4. The summed E-state index contributed by atoms with van der Waals surface area (Å²) in [4.78, 5) is 11.4. The van der Waals surface area contributed by atoms with Crippen LogP contribution in [0.4, 0.5) is 4.39 Å². The van der Waals surface area contributed by atoms with Crippen molar-refractivity contribution in [2.45, 2.75) is 0 Å². The summed E-state index contributed by atoms with van der Waals surface area (Å²) in [5.41, 5.74) is 0.448. The van der Waals surface area contributed by atoms with Gasteiger partial charge in [0.1, 0.15) is 23.7 Å². The number of ether oxygens (including phenoxy) is 2. The van der Waals surface area contributed by atoms with Crippen LogP contribution in [-0.4, -0.2) is 31.4 Å². The van der Waals surface area contributed by atoms with Crippen LogP contribution in [0.25, 0.3) is 0 Å². The number of rotatable bonds is 5. The molecular weight excluding hydrogens is 227 g/mol. The second-order valence-electron chi connectivity index (χ2n) is 3.33. The maximum absolute atomic E-state index is 13.0. The van der Waals surface area contributed by atoms with Crippen molar-refractivity contribution in [1.82, 2.24) is 0 Å². The van der Waals surface area contributed by atoms with Crippen LogP contribution in [0.3, 0.4) is 0 Å².